The molecule has 0 heterocycles. The number of hydrogen-bond acceptors (Lipinski definition) is 1. The molecule has 0 radical (unpaired) electrons. The SMILES string of the molecule is NC(Cc1cc(F)cc(Cl)c1)c1ccccc1. The molecule has 2 rings (SSSR count). The Morgan fingerprint density at radius 3 is 2.47 bits per heavy atom. The van der Waals surface area contributed by atoms with E-state index in [1.54, 1.807) is 6.07 Å². The van der Waals surface area contributed by atoms with Crippen molar-refractivity contribution in [3.8, 4) is 0 Å². The van der Waals surface area contributed by atoms with E-state index in [2.05, 4.69) is 0 Å². The van der Waals surface area contributed by atoms with Crippen LogP contribution in [0, 0.1) is 5.82 Å². The van der Waals surface area contributed by atoms with E-state index in [4.69, 9.17) is 17.3 Å². The van der Waals surface area contributed by atoms with E-state index in [1.165, 1.54) is 12.1 Å². The molecule has 0 aliphatic heterocycles. The van der Waals surface area contributed by atoms with Gasteiger partial charge in [0.05, 0.1) is 0 Å². The maximum absolute atomic E-state index is 13.2. The Bertz CT molecular complexity index is 479. The smallest absolute Gasteiger partial charge is 0.124 e. The Kier molecular flexibility index (Phi) is 3.77. The molecular weight excluding hydrogens is 237 g/mol. The lowest BCUT2D eigenvalue weighted by Crippen LogP contribution is -2.13. The van der Waals surface area contributed by atoms with E-state index in [0.29, 0.717) is 11.4 Å². The second-order valence-electron chi connectivity index (χ2n) is 4.00. The van der Waals surface area contributed by atoms with Gasteiger partial charge in [-0.25, -0.2) is 4.39 Å². The summed E-state index contributed by atoms with van der Waals surface area (Å²) in [5.74, 6) is -0.326. The first-order valence-corrected chi connectivity index (χ1v) is 5.78. The molecule has 2 aromatic carbocycles. The number of hydrogen-bond donors (Lipinski definition) is 1. The van der Waals surface area contributed by atoms with E-state index in [9.17, 15) is 4.39 Å². The second-order valence-corrected chi connectivity index (χ2v) is 4.44. The van der Waals surface area contributed by atoms with Crippen molar-refractivity contribution >= 4 is 11.6 Å². The van der Waals surface area contributed by atoms with Crippen LogP contribution in [0.15, 0.2) is 48.5 Å². The molecule has 2 aromatic rings. The molecule has 0 saturated heterocycles. The Labute approximate surface area is 105 Å². The van der Waals surface area contributed by atoms with Crippen LogP contribution in [-0.4, -0.2) is 0 Å². The Balaban J connectivity index is 2.16. The fraction of sp³-hybridized carbons (Fsp3) is 0.143. The van der Waals surface area contributed by atoms with Crippen LogP contribution in [0.4, 0.5) is 4.39 Å². The van der Waals surface area contributed by atoms with Crippen LogP contribution in [0.25, 0.3) is 0 Å². The monoisotopic (exact) mass is 249 g/mol. The summed E-state index contributed by atoms with van der Waals surface area (Å²) in [6.45, 7) is 0. The highest BCUT2D eigenvalue weighted by molar-refractivity contribution is 6.30. The lowest BCUT2D eigenvalue weighted by atomic mass is 10.00. The van der Waals surface area contributed by atoms with E-state index >= 15 is 0 Å². The minimum atomic E-state index is -0.326. The highest BCUT2D eigenvalue weighted by Gasteiger charge is 2.08. The minimum absolute atomic E-state index is 0.144. The molecule has 2 N–H and O–H groups in total. The first-order chi connectivity index (χ1) is 8.15. The molecule has 3 heteroatoms. The van der Waals surface area contributed by atoms with Crippen molar-refractivity contribution in [1.29, 1.82) is 0 Å². The third-order valence-corrected chi connectivity index (χ3v) is 2.82. The maximum atomic E-state index is 13.2. The van der Waals surface area contributed by atoms with Gasteiger partial charge in [-0.3, -0.25) is 0 Å². The molecule has 17 heavy (non-hydrogen) atoms. The summed E-state index contributed by atoms with van der Waals surface area (Å²) < 4.78 is 13.2. The van der Waals surface area contributed by atoms with E-state index in [-0.39, 0.29) is 11.9 Å². The van der Waals surface area contributed by atoms with Crippen LogP contribution in [0.3, 0.4) is 0 Å². The van der Waals surface area contributed by atoms with Gasteiger partial charge < -0.3 is 5.73 Å². The van der Waals surface area contributed by atoms with Gasteiger partial charge in [0.15, 0.2) is 0 Å². The standard InChI is InChI=1S/C14H13ClFN/c15-12-6-10(7-13(16)9-12)8-14(17)11-4-2-1-3-5-11/h1-7,9,14H,8,17H2. The summed E-state index contributed by atoms with van der Waals surface area (Å²) in [4.78, 5) is 0. The molecule has 0 fully saturated rings. The zero-order chi connectivity index (χ0) is 12.3. The predicted molar refractivity (Wildman–Crippen MR) is 68.5 cm³/mol. The van der Waals surface area contributed by atoms with Gasteiger partial charge in [-0.2, -0.15) is 0 Å². The number of benzene rings is 2. The van der Waals surface area contributed by atoms with Crippen LogP contribution in [0.1, 0.15) is 17.2 Å². The van der Waals surface area contributed by atoms with Crippen molar-refractivity contribution in [2.24, 2.45) is 5.73 Å². The third-order valence-electron chi connectivity index (χ3n) is 2.61. The predicted octanol–water partition coefficient (Wildman–Crippen LogP) is 3.72. The van der Waals surface area contributed by atoms with Crippen LogP contribution >= 0.6 is 11.6 Å². The van der Waals surface area contributed by atoms with Gasteiger partial charge in [0, 0.05) is 11.1 Å². The fourth-order valence-electron chi connectivity index (χ4n) is 1.80. The van der Waals surface area contributed by atoms with Gasteiger partial charge in [0.25, 0.3) is 0 Å². The molecule has 0 aliphatic carbocycles. The largest absolute Gasteiger partial charge is 0.324 e. The van der Waals surface area contributed by atoms with Crippen LogP contribution in [0.2, 0.25) is 5.02 Å². The summed E-state index contributed by atoms with van der Waals surface area (Å²) in [5, 5.41) is 0.403. The van der Waals surface area contributed by atoms with Crippen LogP contribution < -0.4 is 5.73 Å². The average molecular weight is 250 g/mol. The van der Waals surface area contributed by atoms with Gasteiger partial charge in [-0.1, -0.05) is 41.9 Å². The molecule has 0 aliphatic rings. The molecule has 1 atom stereocenters. The molecule has 1 nitrogen and oxygen atoms in total. The molecule has 0 amide bonds. The van der Waals surface area contributed by atoms with E-state index < -0.39 is 0 Å². The molecule has 0 saturated carbocycles. The van der Waals surface area contributed by atoms with Crippen molar-refractivity contribution < 1.29 is 4.39 Å². The zero-order valence-corrected chi connectivity index (χ0v) is 9.99. The average Bonchev–Trinajstić information content (AvgIpc) is 2.28. The fourth-order valence-corrected chi connectivity index (χ4v) is 2.05. The van der Waals surface area contributed by atoms with Gasteiger partial charge in [-0.05, 0) is 35.7 Å². The Morgan fingerprint density at radius 1 is 1.12 bits per heavy atom. The Morgan fingerprint density at radius 2 is 1.82 bits per heavy atom. The Hall–Kier alpha value is -1.38. The highest BCUT2D eigenvalue weighted by atomic mass is 35.5. The van der Waals surface area contributed by atoms with Crippen molar-refractivity contribution in [2.75, 3.05) is 0 Å². The quantitative estimate of drug-likeness (QED) is 0.882. The molecule has 0 spiro atoms. The topological polar surface area (TPSA) is 26.0 Å². The molecule has 0 aromatic heterocycles. The molecular formula is C14H13ClFN. The maximum Gasteiger partial charge on any atom is 0.124 e. The number of rotatable bonds is 3. The molecule has 0 bridgehead atoms. The van der Waals surface area contributed by atoms with E-state index in [0.717, 1.165) is 11.1 Å². The number of nitrogens with two attached hydrogens (primary N) is 1. The van der Waals surface area contributed by atoms with Crippen molar-refractivity contribution in [3.63, 3.8) is 0 Å². The number of halogens is 2. The molecule has 1 unspecified atom stereocenters. The van der Waals surface area contributed by atoms with Crippen LogP contribution in [0.5, 0.6) is 0 Å². The van der Waals surface area contributed by atoms with Gasteiger partial charge in [0.1, 0.15) is 5.82 Å². The first-order valence-electron chi connectivity index (χ1n) is 5.40. The summed E-state index contributed by atoms with van der Waals surface area (Å²) in [6.07, 6.45) is 0.571. The lowest BCUT2D eigenvalue weighted by Gasteiger charge is -2.12. The van der Waals surface area contributed by atoms with Crippen LogP contribution in [-0.2, 0) is 6.42 Å². The minimum Gasteiger partial charge on any atom is -0.324 e. The normalized spacial score (nSPS) is 12.4. The highest BCUT2D eigenvalue weighted by Crippen LogP contribution is 2.19. The lowest BCUT2D eigenvalue weighted by molar-refractivity contribution is 0.622. The van der Waals surface area contributed by atoms with Crippen molar-refractivity contribution in [1.82, 2.24) is 0 Å². The summed E-state index contributed by atoms with van der Waals surface area (Å²) in [5.41, 5.74) is 7.91. The van der Waals surface area contributed by atoms with Gasteiger partial charge in [0.2, 0.25) is 0 Å². The molecule has 88 valence electrons. The second kappa shape index (κ2) is 5.30. The summed E-state index contributed by atoms with van der Waals surface area (Å²) in [6, 6.07) is 14.1. The third kappa shape index (κ3) is 3.29. The summed E-state index contributed by atoms with van der Waals surface area (Å²) >= 11 is 5.80. The van der Waals surface area contributed by atoms with E-state index in [1.807, 2.05) is 30.3 Å². The van der Waals surface area contributed by atoms with Crippen molar-refractivity contribution in [2.45, 2.75) is 12.5 Å². The summed E-state index contributed by atoms with van der Waals surface area (Å²) in [7, 11) is 0. The van der Waals surface area contributed by atoms with Crippen molar-refractivity contribution in [3.05, 3.63) is 70.5 Å². The van der Waals surface area contributed by atoms with Gasteiger partial charge in [-0.15, -0.1) is 0 Å². The first kappa shape index (κ1) is 12.1. The van der Waals surface area contributed by atoms with Gasteiger partial charge >= 0.3 is 0 Å². The zero-order valence-electron chi connectivity index (χ0n) is 9.24.